The van der Waals surface area contributed by atoms with Gasteiger partial charge in [0, 0.05) is 12.3 Å². The summed E-state index contributed by atoms with van der Waals surface area (Å²) in [7, 11) is -4.24. The Balaban J connectivity index is 1.46. The number of rotatable bonds is 6. The topological polar surface area (TPSA) is 199 Å². The molecule has 2 fully saturated rings. The van der Waals surface area contributed by atoms with E-state index in [4.69, 9.17) is 23.4 Å². The Labute approximate surface area is 191 Å². The minimum atomic E-state index is -4.24. The first kappa shape index (κ1) is 24.3. The third kappa shape index (κ3) is 5.13. The van der Waals surface area contributed by atoms with Crippen LogP contribution in [0.1, 0.15) is 17.9 Å². The van der Waals surface area contributed by atoms with Crippen LogP contribution in [-0.4, -0.2) is 68.5 Å². The molecule has 2 aromatic rings. The number of ether oxygens (including phenoxy) is 1. The molecule has 3 heterocycles. The van der Waals surface area contributed by atoms with Crippen molar-refractivity contribution in [2.24, 2.45) is 0 Å². The van der Waals surface area contributed by atoms with Crippen molar-refractivity contribution < 1.29 is 43.0 Å². The van der Waals surface area contributed by atoms with E-state index in [-0.39, 0.29) is 6.61 Å². The largest absolute Gasteiger partial charge is 0.475 e. The molecule has 5 unspecified atom stereocenters. The van der Waals surface area contributed by atoms with E-state index in [0.717, 1.165) is 16.8 Å². The second kappa shape index (κ2) is 9.80. The molecule has 2 aliphatic rings. The number of carboxylic acid groups (broad SMARTS) is 1. The van der Waals surface area contributed by atoms with Crippen LogP contribution in [0.5, 0.6) is 0 Å². The van der Waals surface area contributed by atoms with E-state index in [0.29, 0.717) is 5.56 Å². The van der Waals surface area contributed by atoms with Gasteiger partial charge < -0.3 is 25.4 Å². The summed E-state index contributed by atoms with van der Waals surface area (Å²) < 4.78 is 35.5. The zero-order valence-electron chi connectivity index (χ0n) is 17.4. The quantitative estimate of drug-likeness (QED) is 0.327. The van der Waals surface area contributed by atoms with Gasteiger partial charge in [-0.05, 0) is 5.56 Å². The van der Waals surface area contributed by atoms with Crippen molar-refractivity contribution in [3.63, 3.8) is 0 Å². The van der Waals surface area contributed by atoms with Gasteiger partial charge in [-0.1, -0.05) is 30.3 Å². The van der Waals surface area contributed by atoms with Gasteiger partial charge in [0.05, 0.1) is 19.3 Å². The predicted octanol–water partition coefficient (Wildman–Crippen LogP) is -0.295. The number of nitrogens with zero attached hydrogens (tertiary/aromatic N) is 1. The number of aliphatic hydroxyl groups is 2. The number of nitrogens with one attached hydrogen (secondary N) is 2. The van der Waals surface area contributed by atoms with Crippen molar-refractivity contribution in [3.05, 3.63) is 69.0 Å². The van der Waals surface area contributed by atoms with E-state index < -0.39 is 68.5 Å². The molecule has 2 aliphatic heterocycles. The number of phosphoric acid groups is 1. The third-order valence-electron chi connectivity index (χ3n) is 5.32. The van der Waals surface area contributed by atoms with Crippen molar-refractivity contribution >= 4 is 13.9 Å². The van der Waals surface area contributed by atoms with Crippen LogP contribution in [-0.2, 0) is 22.9 Å². The van der Waals surface area contributed by atoms with Crippen LogP contribution in [0.2, 0.25) is 0 Å². The van der Waals surface area contributed by atoms with Gasteiger partial charge in [0.1, 0.15) is 24.4 Å². The maximum atomic E-state index is 13.1. The van der Waals surface area contributed by atoms with Gasteiger partial charge in [0.25, 0.3) is 5.56 Å². The third-order valence-corrected chi connectivity index (χ3v) is 6.73. The van der Waals surface area contributed by atoms with Gasteiger partial charge in [0.2, 0.25) is 0 Å². The molecule has 1 aromatic heterocycles. The Kier molecular flexibility index (Phi) is 7.00. The minimum absolute atomic E-state index is 0.324. The van der Waals surface area contributed by atoms with E-state index >= 15 is 0 Å². The molecule has 0 saturated carbocycles. The van der Waals surface area contributed by atoms with Crippen molar-refractivity contribution in [3.8, 4) is 0 Å². The van der Waals surface area contributed by atoms with Gasteiger partial charge >= 0.3 is 19.6 Å². The molecule has 0 aliphatic carbocycles. The zero-order chi connectivity index (χ0) is 24.5. The summed E-state index contributed by atoms with van der Waals surface area (Å²) >= 11 is 0. The average Bonchev–Trinajstić information content (AvgIpc) is 3.08. The molecule has 14 nitrogen and oxygen atoms in total. The monoisotopic (exact) mass is 499 g/mol. The molecule has 2 saturated heterocycles. The highest BCUT2D eigenvalue weighted by Crippen LogP contribution is 2.57. The molecule has 0 bridgehead atoms. The Morgan fingerprint density at radius 2 is 1.94 bits per heavy atom. The summed E-state index contributed by atoms with van der Waals surface area (Å²) in [4.78, 5) is 36.4. The Morgan fingerprint density at radius 3 is 2.62 bits per heavy atom. The fourth-order valence-electron chi connectivity index (χ4n) is 3.67. The summed E-state index contributed by atoms with van der Waals surface area (Å²) in [6.45, 7) is -0.877. The van der Waals surface area contributed by atoms with Crippen molar-refractivity contribution in [2.75, 3.05) is 13.2 Å². The summed E-state index contributed by atoms with van der Waals surface area (Å²) in [6.07, 6.45) is -6.90. The number of aromatic nitrogens is 2. The van der Waals surface area contributed by atoms with Crippen molar-refractivity contribution in [1.29, 1.82) is 0 Å². The number of amides is 1. The lowest BCUT2D eigenvalue weighted by molar-refractivity contribution is -0.0633. The average molecular weight is 499 g/mol. The lowest BCUT2D eigenvalue weighted by Gasteiger charge is -2.35. The Hall–Kier alpha value is -2.84. The first-order valence-electron chi connectivity index (χ1n) is 10.1. The van der Waals surface area contributed by atoms with Crippen molar-refractivity contribution in [1.82, 2.24) is 14.9 Å². The van der Waals surface area contributed by atoms with Crippen LogP contribution < -0.4 is 16.6 Å². The first-order valence-corrected chi connectivity index (χ1v) is 11.6. The van der Waals surface area contributed by atoms with Gasteiger partial charge in [-0.15, -0.1) is 0 Å². The fourth-order valence-corrected chi connectivity index (χ4v) is 5.09. The lowest BCUT2D eigenvalue weighted by atomic mass is 10.0. The van der Waals surface area contributed by atoms with E-state index in [1.165, 1.54) is 0 Å². The zero-order valence-corrected chi connectivity index (χ0v) is 18.3. The molecule has 4 rings (SSSR count). The number of hydrogen-bond acceptors (Lipinski definition) is 10. The molecule has 1 amide bonds. The predicted molar refractivity (Wildman–Crippen MR) is 112 cm³/mol. The Morgan fingerprint density at radius 1 is 1.21 bits per heavy atom. The smallest absolute Gasteiger partial charge is 0.465 e. The number of aliphatic hydroxyl groups excluding tert-OH is 2. The molecule has 0 spiro atoms. The first-order chi connectivity index (χ1) is 16.2. The number of hydrogen-bond donors (Lipinski definition) is 5. The van der Waals surface area contributed by atoms with Crippen LogP contribution in [0.15, 0.2) is 52.2 Å². The van der Waals surface area contributed by atoms with Gasteiger partial charge in [-0.2, -0.15) is 0 Å². The van der Waals surface area contributed by atoms with Gasteiger partial charge in [0.15, 0.2) is 6.23 Å². The Bertz CT molecular complexity index is 1190. The highest BCUT2D eigenvalue weighted by Gasteiger charge is 2.47. The molecular formula is C19H22N3O11P. The minimum Gasteiger partial charge on any atom is -0.465 e. The van der Waals surface area contributed by atoms with Crippen LogP contribution in [0.3, 0.4) is 0 Å². The number of phosphoric ester groups is 1. The normalized spacial score (nSPS) is 33.5. The maximum Gasteiger partial charge on any atom is 0.475 e. The summed E-state index contributed by atoms with van der Waals surface area (Å²) in [5.41, 5.74) is -0.985. The van der Waals surface area contributed by atoms with E-state index in [9.17, 15) is 29.2 Å². The summed E-state index contributed by atoms with van der Waals surface area (Å²) in [6, 6.07) is 8.61. The standard InChI is InChI=1S/C19H22N3O11P/c23-13-6-7-22(18(26)21-13)17-15(25)14(24)12(32-17)9-31-34(29)30-8-11(20-19(27)28)16(33-34)10-4-2-1-3-5-10/h1-7,11-12,14-17,20,24-25H,8-9H2,(H,27,28)(H,21,23,26)/t11-,12?,14?,15?,16+,17?,34?/m0/s1. The van der Waals surface area contributed by atoms with Gasteiger partial charge in [-0.3, -0.25) is 27.9 Å². The highest BCUT2D eigenvalue weighted by atomic mass is 31.2. The summed E-state index contributed by atoms with van der Waals surface area (Å²) in [5, 5.41) is 32.0. The molecule has 184 valence electrons. The van der Waals surface area contributed by atoms with Crippen LogP contribution in [0.4, 0.5) is 4.79 Å². The fraction of sp³-hybridized carbons (Fsp3) is 0.421. The molecule has 15 heteroatoms. The molecule has 34 heavy (non-hydrogen) atoms. The molecule has 1 aromatic carbocycles. The number of aromatic amines is 1. The second-order valence-corrected chi connectivity index (χ2v) is 9.22. The number of H-pyrrole nitrogens is 1. The molecular weight excluding hydrogens is 477 g/mol. The van der Waals surface area contributed by atoms with E-state index in [1.807, 2.05) is 4.98 Å². The van der Waals surface area contributed by atoms with Crippen molar-refractivity contribution in [2.45, 2.75) is 36.7 Å². The second-order valence-electron chi connectivity index (χ2n) is 7.60. The van der Waals surface area contributed by atoms with E-state index in [2.05, 4.69) is 5.32 Å². The summed E-state index contributed by atoms with van der Waals surface area (Å²) in [5.74, 6) is 0. The SMILES string of the molecule is O=C(O)N[C@H]1COP(=O)(OCC2OC(n3ccc(=O)[nH]c3=O)C(O)C2O)O[C@@H]1c1ccccc1. The van der Waals surface area contributed by atoms with Crippen LogP contribution in [0, 0.1) is 0 Å². The lowest BCUT2D eigenvalue weighted by Crippen LogP contribution is -2.45. The highest BCUT2D eigenvalue weighted by molar-refractivity contribution is 7.48. The molecule has 5 N–H and O–H groups in total. The van der Waals surface area contributed by atoms with Crippen LogP contribution >= 0.6 is 7.82 Å². The van der Waals surface area contributed by atoms with E-state index in [1.54, 1.807) is 30.3 Å². The number of carbonyl (C=O) groups is 1. The molecule has 7 atom stereocenters. The number of benzene rings is 1. The molecule has 0 radical (unpaired) electrons. The van der Waals surface area contributed by atoms with Crippen LogP contribution in [0.25, 0.3) is 0 Å². The maximum absolute atomic E-state index is 13.1. The van der Waals surface area contributed by atoms with Gasteiger partial charge in [-0.25, -0.2) is 14.2 Å².